The molecular formula is C23H23N7O. The Morgan fingerprint density at radius 3 is 2.68 bits per heavy atom. The number of nitrogens with zero attached hydrogens (tertiary/aromatic N) is 6. The van der Waals surface area contributed by atoms with E-state index < -0.39 is 0 Å². The summed E-state index contributed by atoms with van der Waals surface area (Å²) in [6, 6.07) is 16.1. The molecule has 0 unspecified atom stereocenters. The number of aromatic nitrogens is 4. The predicted molar refractivity (Wildman–Crippen MR) is 122 cm³/mol. The number of nitrogens with one attached hydrogen (secondary N) is 1. The molecule has 1 saturated heterocycles. The molecule has 0 aliphatic carbocycles. The van der Waals surface area contributed by atoms with Gasteiger partial charge >= 0.3 is 0 Å². The van der Waals surface area contributed by atoms with Crippen molar-refractivity contribution in [1.29, 1.82) is 0 Å². The number of benzene rings is 2. The third-order valence-corrected chi connectivity index (χ3v) is 5.41. The number of hydrogen-bond acceptors (Lipinski definition) is 7. The van der Waals surface area contributed by atoms with E-state index in [1.807, 2.05) is 24.3 Å². The van der Waals surface area contributed by atoms with Crippen LogP contribution in [0.2, 0.25) is 0 Å². The Labute approximate surface area is 180 Å². The Morgan fingerprint density at radius 1 is 1.03 bits per heavy atom. The van der Waals surface area contributed by atoms with E-state index in [2.05, 4.69) is 54.8 Å². The first-order valence-electron chi connectivity index (χ1n) is 10.3. The number of hydrogen-bond donors (Lipinski definition) is 1. The van der Waals surface area contributed by atoms with E-state index in [9.17, 15) is 0 Å². The first-order valence-corrected chi connectivity index (χ1v) is 10.3. The third kappa shape index (κ3) is 3.92. The first-order chi connectivity index (χ1) is 15.3. The highest BCUT2D eigenvalue weighted by Crippen LogP contribution is 2.24. The number of anilines is 2. The summed E-state index contributed by atoms with van der Waals surface area (Å²) in [4.78, 5) is 11.1. The molecule has 0 spiro atoms. The molecule has 0 amide bonds. The van der Waals surface area contributed by atoms with Crippen LogP contribution < -0.4 is 15.1 Å². The molecule has 2 aromatic carbocycles. The fourth-order valence-electron chi connectivity index (χ4n) is 3.78. The van der Waals surface area contributed by atoms with E-state index in [-0.39, 0.29) is 0 Å². The van der Waals surface area contributed by atoms with Crippen LogP contribution in [0, 0.1) is 0 Å². The van der Waals surface area contributed by atoms with Crippen molar-refractivity contribution in [2.24, 2.45) is 5.10 Å². The second-order valence-electron chi connectivity index (χ2n) is 7.37. The zero-order valence-corrected chi connectivity index (χ0v) is 17.3. The van der Waals surface area contributed by atoms with Gasteiger partial charge in [-0.3, -0.25) is 5.43 Å². The Morgan fingerprint density at radius 2 is 1.87 bits per heavy atom. The lowest BCUT2D eigenvalue weighted by atomic mass is 10.2. The lowest BCUT2D eigenvalue weighted by Crippen LogP contribution is -2.17. The average Bonchev–Trinajstić information content (AvgIpc) is 3.50. The van der Waals surface area contributed by atoms with Crippen LogP contribution in [0.25, 0.3) is 16.7 Å². The Balaban J connectivity index is 1.34. The van der Waals surface area contributed by atoms with Crippen molar-refractivity contribution in [2.75, 3.05) is 30.5 Å². The topological polar surface area (TPSA) is 80.5 Å². The van der Waals surface area contributed by atoms with E-state index in [0.717, 1.165) is 35.5 Å². The van der Waals surface area contributed by atoms with Crippen LogP contribution in [-0.2, 0) is 0 Å². The highest BCUT2D eigenvalue weighted by molar-refractivity contribution is 5.88. The minimum absolute atomic E-state index is 0.601. The number of hydrazone groups is 1. The molecule has 0 radical (unpaired) electrons. The van der Waals surface area contributed by atoms with Crippen molar-refractivity contribution < 1.29 is 4.74 Å². The number of rotatable bonds is 6. The quantitative estimate of drug-likeness (QED) is 0.382. The SMILES string of the molecule is COc1cccc(-n2ncc3c(NN=Cc4ccc(N5CCCC5)cc4)ncnc32)c1. The van der Waals surface area contributed by atoms with E-state index >= 15 is 0 Å². The van der Waals surface area contributed by atoms with Crippen molar-refractivity contribution in [3.8, 4) is 11.4 Å². The van der Waals surface area contributed by atoms with Crippen molar-refractivity contribution in [1.82, 2.24) is 19.7 Å². The van der Waals surface area contributed by atoms with E-state index in [0.29, 0.717) is 11.5 Å². The summed E-state index contributed by atoms with van der Waals surface area (Å²) in [5.41, 5.74) is 6.87. The van der Waals surface area contributed by atoms with Crippen LogP contribution in [0.3, 0.4) is 0 Å². The Hall–Kier alpha value is -3.94. The molecular weight excluding hydrogens is 390 g/mol. The fourth-order valence-corrected chi connectivity index (χ4v) is 3.78. The van der Waals surface area contributed by atoms with E-state index in [1.54, 1.807) is 24.2 Å². The number of fused-ring (bicyclic) bond motifs is 1. The Bertz CT molecular complexity index is 1210. The van der Waals surface area contributed by atoms with Crippen LogP contribution in [0.1, 0.15) is 18.4 Å². The second kappa shape index (κ2) is 8.43. The summed E-state index contributed by atoms with van der Waals surface area (Å²) < 4.78 is 7.07. The van der Waals surface area contributed by atoms with Crippen molar-refractivity contribution in [3.63, 3.8) is 0 Å². The summed E-state index contributed by atoms with van der Waals surface area (Å²) in [6.07, 6.45) is 7.57. The maximum absolute atomic E-state index is 5.31. The van der Waals surface area contributed by atoms with E-state index in [1.165, 1.54) is 24.9 Å². The standard InChI is InChI=1S/C23H23N7O/c1-31-20-6-4-5-19(13-20)30-23-21(15-27-30)22(24-16-25-23)28-26-14-17-7-9-18(10-8-17)29-11-2-3-12-29/h4-10,13-16H,2-3,11-12H2,1H3,(H,24,25,28). The molecule has 4 aromatic rings. The second-order valence-corrected chi connectivity index (χ2v) is 7.37. The molecule has 0 atom stereocenters. The summed E-state index contributed by atoms with van der Waals surface area (Å²) in [6.45, 7) is 2.28. The van der Waals surface area contributed by atoms with Gasteiger partial charge in [0.1, 0.15) is 12.1 Å². The molecule has 8 nitrogen and oxygen atoms in total. The van der Waals surface area contributed by atoms with Crippen LogP contribution in [0.4, 0.5) is 11.5 Å². The highest BCUT2D eigenvalue weighted by atomic mass is 16.5. The van der Waals surface area contributed by atoms with Crippen LogP contribution in [-0.4, -0.2) is 46.2 Å². The van der Waals surface area contributed by atoms with Gasteiger partial charge in [-0.05, 0) is 42.7 Å². The van der Waals surface area contributed by atoms with Gasteiger partial charge in [-0.2, -0.15) is 10.2 Å². The minimum Gasteiger partial charge on any atom is -0.497 e. The summed E-state index contributed by atoms with van der Waals surface area (Å²) in [7, 11) is 1.64. The van der Waals surface area contributed by atoms with Gasteiger partial charge in [0.05, 0.1) is 30.6 Å². The lowest BCUT2D eigenvalue weighted by Gasteiger charge is -2.17. The molecule has 3 heterocycles. The molecule has 1 aliphatic rings. The van der Waals surface area contributed by atoms with Gasteiger partial charge in [-0.15, -0.1) is 0 Å². The summed E-state index contributed by atoms with van der Waals surface area (Å²) in [5.74, 6) is 1.36. The van der Waals surface area contributed by atoms with Gasteiger partial charge in [0.15, 0.2) is 11.5 Å². The predicted octanol–water partition coefficient (Wildman–Crippen LogP) is 3.87. The van der Waals surface area contributed by atoms with Crippen molar-refractivity contribution >= 4 is 28.8 Å². The van der Waals surface area contributed by atoms with Crippen LogP contribution in [0.5, 0.6) is 5.75 Å². The molecule has 1 fully saturated rings. The van der Waals surface area contributed by atoms with Crippen LogP contribution >= 0.6 is 0 Å². The van der Waals surface area contributed by atoms with Gasteiger partial charge in [0.2, 0.25) is 0 Å². The zero-order valence-electron chi connectivity index (χ0n) is 17.3. The zero-order chi connectivity index (χ0) is 21.0. The maximum atomic E-state index is 5.31. The van der Waals surface area contributed by atoms with Gasteiger partial charge in [-0.1, -0.05) is 18.2 Å². The van der Waals surface area contributed by atoms with Crippen LogP contribution in [0.15, 0.2) is 66.2 Å². The summed E-state index contributed by atoms with van der Waals surface area (Å²) >= 11 is 0. The smallest absolute Gasteiger partial charge is 0.168 e. The molecule has 0 saturated carbocycles. The van der Waals surface area contributed by atoms with Crippen molar-refractivity contribution in [3.05, 3.63) is 66.6 Å². The molecule has 5 rings (SSSR count). The van der Waals surface area contributed by atoms with Gasteiger partial charge in [0.25, 0.3) is 0 Å². The largest absolute Gasteiger partial charge is 0.497 e. The third-order valence-electron chi connectivity index (χ3n) is 5.41. The molecule has 0 bridgehead atoms. The van der Waals surface area contributed by atoms with Crippen molar-refractivity contribution in [2.45, 2.75) is 12.8 Å². The molecule has 156 valence electrons. The molecule has 8 heteroatoms. The van der Waals surface area contributed by atoms with Gasteiger partial charge < -0.3 is 9.64 Å². The lowest BCUT2D eigenvalue weighted by molar-refractivity contribution is 0.414. The normalized spacial score (nSPS) is 13.9. The monoisotopic (exact) mass is 413 g/mol. The minimum atomic E-state index is 0.601. The fraction of sp³-hybridized carbons (Fsp3) is 0.217. The Kier molecular flexibility index (Phi) is 5.18. The molecule has 2 aromatic heterocycles. The average molecular weight is 413 g/mol. The van der Waals surface area contributed by atoms with Gasteiger partial charge in [0, 0.05) is 24.8 Å². The molecule has 31 heavy (non-hydrogen) atoms. The first kappa shape index (κ1) is 19.0. The van der Waals surface area contributed by atoms with E-state index in [4.69, 9.17) is 4.74 Å². The van der Waals surface area contributed by atoms with Gasteiger partial charge in [-0.25, -0.2) is 14.6 Å². The number of methoxy groups -OCH3 is 1. The number of ether oxygens (including phenoxy) is 1. The maximum Gasteiger partial charge on any atom is 0.168 e. The molecule has 1 N–H and O–H groups in total. The highest BCUT2D eigenvalue weighted by Gasteiger charge is 2.12. The molecule has 1 aliphatic heterocycles. The summed E-state index contributed by atoms with van der Waals surface area (Å²) in [5, 5.41) is 9.62.